The van der Waals surface area contributed by atoms with Crippen LogP contribution in [-0.2, 0) is 6.54 Å². The zero-order valence-corrected chi connectivity index (χ0v) is 14.0. The van der Waals surface area contributed by atoms with Crippen molar-refractivity contribution in [2.24, 2.45) is 0 Å². The molecule has 0 radical (unpaired) electrons. The van der Waals surface area contributed by atoms with E-state index in [-0.39, 0.29) is 5.63 Å². The van der Waals surface area contributed by atoms with Crippen LogP contribution in [0.5, 0.6) is 0 Å². The molecule has 3 heteroatoms. The molecule has 1 N–H and O–H groups in total. The van der Waals surface area contributed by atoms with Gasteiger partial charge in [-0.05, 0) is 67.6 Å². The number of hydrogen-bond acceptors (Lipinski definition) is 3. The maximum Gasteiger partial charge on any atom is 0.336 e. The van der Waals surface area contributed by atoms with E-state index in [9.17, 15) is 4.79 Å². The van der Waals surface area contributed by atoms with E-state index < -0.39 is 0 Å². The van der Waals surface area contributed by atoms with Crippen LogP contribution in [0.25, 0.3) is 11.0 Å². The van der Waals surface area contributed by atoms with E-state index in [0.29, 0.717) is 12.1 Å². The van der Waals surface area contributed by atoms with Gasteiger partial charge in [-0.3, -0.25) is 0 Å². The predicted octanol–water partition coefficient (Wildman–Crippen LogP) is 4.64. The largest absolute Gasteiger partial charge is 0.422 e. The molecule has 0 amide bonds. The smallest absolute Gasteiger partial charge is 0.336 e. The lowest BCUT2D eigenvalue weighted by Crippen LogP contribution is -2.06. The van der Waals surface area contributed by atoms with E-state index in [4.69, 9.17) is 4.42 Å². The maximum absolute atomic E-state index is 11.9. The fraction of sp³-hybridized carbons (Fsp3) is 0.250. The minimum Gasteiger partial charge on any atom is -0.422 e. The van der Waals surface area contributed by atoms with Crippen molar-refractivity contribution in [3.8, 4) is 0 Å². The molecule has 0 saturated carbocycles. The summed E-state index contributed by atoms with van der Waals surface area (Å²) in [5.74, 6) is 0. The van der Waals surface area contributed by atoms with Gasteiger partial charge >= 0.3 is 5.63 Å². The van der Waals surface area contributed by atoms with Crippen molar-refractivity contribution in [3.05, 3.63) is 74.6 Å². The van der Waals surface area contributed by atoms with E-state index in [0.717, 1.165) is 27.8 Å². The molecular formula is C20H21NO2. The Kier molecular flexibility index (Phi) is 3.95. The van der Waals surface area contributed by atoms with Gasteiger partial charge in [0.2, 0.25) is 0 Å². The van der Waals surface area contributed by atoms with E-state index in [1.807, 2.05) is 19.9 Å². The number of nitrogens with one attached hydrogen (secondary N) is 1. The van der Waals surface area contributed by atoms with Crippen molar-refractivity contribution in [1.82, 2.24) is 0 Å². The molecule has 0 bridgehead atoms. The van der Waals surface area contributed by atoms with Crippen LogP contribution in [0, 0.1) is 27.7 Å². The molecule has 0 spiro atoms. The molecule has 0 unspecified atom stereocenters. The van der Waals surface area contributed by atoms with Crippen molar-refractivity contribution < 1.29 is 4.42 Å². The molecule has 0 fully saturated rings. The number of rotatable bonds is 3. The molecule has 3 aromatic rings. The van der Waals surface area contributed by atoms with Crippen molar-refractivity contribution in [2.45, 2.75) is 34.2 Å². The SMILES string of the molecule is Cc1ccc(NCc2cc(=O)oc3c(C)c(C)ccc23)cc1C. The summed E-state index contributed by atoms with van der Waals surface area (Å²) in [4.78, 5) is 11.9. The number of hydrogen-bond donors (Lipinski definition) is 1. The molecule has 23 heavy (non-hydrogen) atoms. The van der Waals surface area contributed by atoms with Crippen LogP contribution in [-0.4, -0.2) is 0 Å². The third kappa shape index (κ3) is 3.00. The van der Waals surface area contributed by atoms with Crippen LogP contribution in [0.3, 0.4) is 0 Å². The van der Waals surface area contributed by atoms with Gasteiger partial charge in [0.15, 0.2) is 0 Å². The predicted molar refractivity (Wildman–Crippen MR) is 95.2 cm³/mol. The second kappa shape index (κ2) is 5.92. The molecular weight excluding hydrogens is 286 g/mol. The number of aryl methyl sites for hydroxylation is 4. The zero-order chi connectivity index (χ0) is 16.6. The highest BCUT2D eigenvalue weighted by molar-refractivity contribution is 5.84. The minimum atomic E-state index is -0.303. The summed E-state index contributed by atoms with van der Waals surface area (Å²) in [5.41, 5.74) is 7.06. The van der Waals surface area contributed by atoms with Crippen molar-refractivity contribution in [1.29, 1.82) is 0 Å². The third-order valence-corrected chi connectivity index (χ3v) is 4.51. The lowest BCUT2D eigenvalue weighted by molar-refractivity contribution is 0.556. The van der Waals surface area contributed by atoms with Crippen LogP contribution in [0.4, 0.5) is 5.69 Å². The quantitative estimate of drug-likeness (QED) is 0.717. The summed E-state index contributed by atoms with van der Waals surface area (Å²) in [6.07, 6.45) is 0. The molecule has 0 saturated heterocycles. The molecule has 0 aliphatic heterocycles. The van der Waals surface area contributed by atoms with E-state index in [2.05, 4.69) is 43.4 Å². The molecule has 118 valence electrons. The molecule has 3 nitrogen and oxygen atoms in total. The average Bonchev–Trinajstić information content (AvgIpc) is 2.52. The first-order chi connectivity index (χ1) is 11.0. The van der Waals surface area contributed by atoms with Gasteiger partial charge in [0.1, 0.15) is 5.58 Å². The molecule has 0 aliphatic rings. The Hall–Kier alpha value is -2.55. The van der Waals surface area contributed by atoms with Crippen LogP contribution >= 0.6 is 0 Å². The summed E-state index contributed by atoms with van der Waals surface area (Å²) in [6.45, 7) is 8.79. The standard InChI is InChI=1S/C20H21NO2/c1-12-5-7-17(9-14(12)3)21-11-16-10-19(22)23-20-15(4)13(2)6-8-18(16)20/h5-10,21H,11H2,1-4H3. The lowest BCUT2D eigenvalue weighted by atomic mass is 10.0. The van der Waals surface area contributed by atoms with Gasteiger partial charge in [0.25, 0.3) is 0 Å². The van der Waals surface area contributed by atoms with E-state index in [1.165, 1.54) is 11.1 Å². The van der Waals surface area contributed by atoms with Crippen LogP contribution in [0.1, 0.15) is 27.8 Å². The minimum absolute atomic E-state index is 0.303. The highest BCUT2D eigenvalue weighted by Crippen LogP contribution is 2.24. The van der Waals surface area contributed by atoms with Crippen LogP contribution in [0.15, 0.2) is 45.6 Å². The van der Waals surface area contributed by atoms with Gasteiger partial charge in [-0.2, -0.15) is 0 Å². The summed E-state index contributed by atoms with van der Waals surface area (Å²) >= 11 is 0. The third-order valence-electron chi connectivity index (χ3n) is 4.51. The van der Waals surface area contributed by atoms with Crippen LogP contribution in [0.2, 0.25) is 0 Å². The Morgan fingerprint density at radius 1 is 0.913 bits per heavy atom. The zero-order valence-electron chi connectivity index (χ0n) is 14.0. The van der Waals surface area contributed by atoms with Crippen molar-refractivity contribution in [2.75, 3.05) is 5.32 Å². The second-order valence-corrected chi connectivity index (χ2v) is 6.13. The van der Waals surface area contributed by atoms with Crippen molar-refractivity contribution in [3.63, 3.8) is 0 Å². The topological polar surface area (TPSA) is 42.2 Å². The second-order valence-electron chi connectivity index (χ2n) is 6.13. The lowest BCUT2D eigenvalue weighted by Gasteiger charge is -2.12. The Morgan fingerprint density at radius 2 is 1.65 bits per heavy atom. The fourth-order valence-corrected chi connectivity index (χ4v) is 2.72. The molecule has 1 heterocycles. The van der Waals surface area contributed by atoms with Crippen molar-refractivity contribution >= 4 is 16.7 Å². The molecule has 0 atom stereocenters. The Morgan fingerprint density at radius 3 is 2.39 bits per heavy atom. The molecule has 2 aromatic carbocycles. The van der Waals surface area contributed by atoms with Gasteiger partial charge in [0, 0.05) is 23.7 Å². The van der Waals surface area contributed by atoms with E-state index in [1.54, 1.807) is 6.07 Å². The molecule has 0 aliphatic carbocycles. The summed E-state index contributed by atoms with van der Waals surface area (Å²) in [6, 6.07) is 12.0. The summed E-state index contributed by atoms with van der Waals surface area (Å²) in [5, 5.41) is 4.39. The van der Waals surface area contributed by atoms with E-state index >= 15 is 0 Å². The Labute approximate surface area is 136 Å². The van der Waals surface area contributed by atoms with Gasteiger partial charge < -0.3 is 9.73 Å². The van der Waals surface area contributed by atoms with Gasteiger partial charge in [-0.25, -0.2) is 4.79 Å². The monoisotopic (exact) mass is 307 g/mol. The number of anilines is 1. The number of benzene rings is 2. The molecule has 3 rings (SSSR count). The van der Waals surface area contributed by atoms with Crippen LogP contribution < -0.4 is 10.9 Å². The first kappa shape index (κ1) is 15.3. The Bertz CT molecular complexity index is 938. The highest BCUT2D eigenvalue weighted by Gasteiger charge is 2.09. The van der Waals surface area contributed by atoms with Gasteiger partial charge in [-0.15, -0.1) is 0 Å². The first-order valence-electron chi connectivity index (χ1n) is 7.80. The summed E-state index contributed by atoms with van der Waals surface area (Å²) < 4.78 is 5.42. The first-order valence-corrected chi connectivity index (χ1v) is 7.80. The highest BCUT2D eigenvalue weighted by atomic mass is 16.4. The van der Waals surface area contributed by atoms with Gasteiger partial charge in [0.05, 0.1) is 0 Å². The normalized spacial score (nSPS) is 11.0. The summed E-state index contributed by atoms with van der Waals surface area (Å²) in [7, 11) is 0. The van der Waals surface area contributed by atoms with Gasteiger partial charge in [-0.1, -0.05) is 18.2 Å². The number of fused-ring (bicyclic) bond motifs is 1. The maximum atomic E-state index is 11.9. The average molecular weight is 307 g/mol. The fourth-order valence-electron chi connectivity index (χ4n) is 2.72. The Balaban J connectivity index is 1.98. The molecule has 1 aromatic heterocycles.